The molecule has 0 aliphatic rings. The fourth-order valence-electron chi connectivity index (χ4n) is 2.20. The summed E-state index contributed by atoms with van der Waals surface area (Å²) in [6.07, 6.45) is 2.69. The van der Waals surface area contributed by atoms with Crippen molar-refractivity contribution in [2.75, 3.05) is 26.1 Å². The first kappa shape index (κ1) is 21.5. The summed E-state index contributed by atoms with van der Waals surface area (Å²) in [5, 5.41) is 3.03. The second-order valence-corrected chi connectivity index (χ2v) is 6.27. The third-order valence-corrected chi connectivity index (χ3v) is 4.21. The van der Waals surface area contributed by atoms with Gasteiger partial charge in [-0.15, -0.1) is 0 Å². The first-order valence-corrected chi connectivity index (χ1v) is 8.79. The average molecular weight is 425 g/mol. The van der Waals surface area contributed by atoms with E-state index in [9.17, 15) is 9.59 Å². The van der Waals surface area contributed by atoms with Crippen LogP contribution in [0.3, 0.4) is 0 Å². The summed E-state index contributed by atoms with van der Waals surface area (Å²) in [6.45, 7) is 1.17. The number of para-hydroxylation sites is 1. The van der Waals surface area contributed by atoms with Crippen molar-refractivity contribution in [2.45, 2.75) is 6.92 Å². The highest BCUT2D eigenvalue weighted by atomic mass is 35.5. The fraction of sp³-hybridized carbons (Fsp3) is 0.211. The van der Waals surface area contributed by atoms with Gasteiger partial charge in [0.25, 0.3) is 5.91 Å². The lowest BCUT2D eigenvalue weighted by Crippen LogP contribution is -2.21. The lowest BCUT2D eigenvalue weighted by atomic mass is 10.1. The number of amides is 1. The molecule has 148 valence electrons. The van der Waals surface area contributed by atoms with Crippen LogP contribution in [0.5, 0.6) is 11.5 Å². The second-order valence-electron chi connectivity index (χ2n) is 5.46. The van der Waals surface area contributed by atoms with Gasteiger partial charge in [-0.1, -0.05) is 35.3 Å². The Morgan fingerprint density at radius 1 is 1.18 bits per heavy atom. The van der Waals surface area contributed by atoms with Crippen LogP contribution in [0.15, 0.2) is 30.3 Å². The number of anilines is 1. The Hall–Kier alpha value is -2.77. The lowest BCUT2D eigenvalue weighted by molar-refractivity contribution is -0.142. The van der Waals surface area contributed by atoms with E-state index < -0.39 is 18.5 Å². The summed E-state index contributed by atoms with van der Waals surface area (Å²) < 4.78 is 15.4. The number of benzene rings is 1. The highest BCUT2D eigenvalue weighted by molar-refractivity contribution is 6.36. The first-order chi connectivity index (χ1) is 13.3. The Morgan fingerprint density at radius 2 is 1.93 bits per heavy atom. The van der Waals surface area contributed by atoms with Crippen LogP contribution in [-0.2, 0) is 14.3 Å². The normalized spacial score (nSPS) is 10.6. The molecule has 1 aromatic carbocycles. The molecular formula is C19H18Cl2N2O5. The quantitative estimate of drug-likeness (QED) is 0.535. The molecule has 0 aliphatic carbocycles. The molecule has 0 bridgehead atoms. The molecule has 0 fully saturated rings. The van der Waals surface area contributed by atoms with Gasteiger partial charge in [-0.2, -0.15) is 0 Å². The summed E-state index contributed by atoms with van der Waals surface area (Å²) in [5.41, 5.74) is 1.13. The number of methoxy groups -OCH3 is 2. The third kappa shape index (κ3) is 5.61. The maximum atomic E-state index is 11.9. The maximum absolute atomic E-state index is 11.9. The van der Waals surface area contributed by atoms with Crippen molar-refractivity contribution in [1.82, 2.24) is 4.98 Å². The average Bonchev–Trinajstić information content (AvgIpc) is 2.68. The number of ether oxygens (including phenoxy) is 3. The number of nitrogens with zero attached hydrogens (tertiary/aromatic N) is 1. The summed E-state index contributed by atoms with van der Waals surface area (Å²) in [4.78, 5) is 27.9. The van der Waals surface area contributed by atoms with Crippen molar-refractivity contribution in [3.05, 3.63) is 51.6 Å². The molecule has 28 heavy (non-hydrogen) atoms. The number of aryl methyl sites for hydroxylation is 1. The van der Waals surface area contributed by atoms with Gasteiger partial charge in [0, 0.05) is 11.6 Å². The number of hydrogen-bond acceptors (Lipinski definition) is 6. The molecule has 1 amide bonds. The monoisotopic (exact) mass is 424 g/mol. The van der Waals surface area contributed by atoms with Crippen molar-refractivity contribution in [3.63, 3.8) is 0 Å². The minimum atomic E-state index is -0.702. The summed E-state index contributed by atoms with van der Waals surface area (Å²) >= 11 is 11.9. The molecule has 0 saturated carbocycles. The first-order valence-electron chi connectivity index (χ1n) is 8.04. The molecule has 0 spiro atoms. The Kier molecular flexibility index (Phi) is 7.66. The number of carbonyl (C=O) groups is 2. The molecule has 9 heteroatoms. The number of halogens is 2. The van der Waals surface area contributed by atoms with Crippen molar-refractivity contribution in [2.24, 2.45) is 0 Å². The van der Waals surface area contributed by atoms with E-state index in [1.54, 1.807) is 25.1 Å². The molecule has 1 aromatic heterocycles. The topological polar surface area (TPSA) is 86.8 Å². The molecule has 7 nitrogen and oxygen atoms in total. The molecule has 0 unspecified atom stereocenters. The van der Waals surface area contributed by atoms with Crippen LogP contribution < -0.4 is 14.8 Å². The standard InChI is InChI=1S/C19H18Cl2N2O5/c1-11-13(20)9-14(21)19(22-11)23-16(24)10-28-17(25)8-7-12-5-4-6-15(26-2)18(12)27-3/h4-9H,10H2,1-3H3,(H,22,23,24)/b8-7+. The number of nitrogens with one attached hydrogen (secondary N) is 1. The van der Waals surface area contributed by atoms with Crippen LogP contribution in [0, 0.1) is 6.92 Å². The van der Waals surface area contributed by atoms with Gasteiger partial charge in [-0.25, -0.2) is 9.78 Å². The van der Waals surface area contributed by atoms with Crippen LogP contribution in [-0.4, -0.2) is 37.7 Å². The fourth-order valence-corrected chi connectivity index (χ4v) is 2.61. The number of aromatic nitrogens is 1. The SMILES string of the molecule is COc1cccc(/C=C/C(=O)OCC(=O)Nc2nc(C)c(Cl)cc2Cl)c1OC. The third-order valence-electron chi connectivity index (χ3n) is 3.54. The van der Waals surface area contributed by atoms with Crippen molar-refractivity contribution in [3.8, 4) is 11.5 Å². The van der Waals surface area contributed by atoms with Crippen molar-refractivity contribution < 1.29 is 23.8 Å². The number of esters is 1. The van der Waals surface area contributed by atoms with Gasteiger partial charge >= 0.3 is 5.97 Å². The smallest absolute Gasteiger partial charge is 0.331 e. The van der Waals surface area contributed by atoms with E-state index in [-0.39, 0.29) is 10.8 Å². The van der Waals surface area contributed by atoms with E-state index in [4.69, 9.17) is 37.4 Å². The zero-order valence-corrected chi connectivity index (χ0v) is 16.9. The van der Waals surface area contributed by atoms with E-state index in [1.165, 1.54) is 32.4 Å². The Morgan fingerprint density at radius 3 is 2.61 bits per heavy atom. The molecule has 2 rings (SSSR count). The van der Waals surface area contributed by atoms with E-state index in [0.29, 0.717) is 27.8 Å². The number of carbonyl (C=O) groups excluding carboxylic acids is 2. The number of hydrogen-bond donors (Lipinski definition) is 1. The zero-order chi connectivity index (χ0) is 20.7. The Labute approximate surface area is 172 Å². The number of pyridine rings is 1. The maximum Gasteiger partial charge on any atom is 0.331 e. The second kappa shape index (κ2) is 9.96. The van der Waals surface area contributed by atoms with Gasteiger partial charge < -0.3 is 19.5 Å². The molecular weight excluding hydrogens is 407 g/mol. The molecule has 0 radical (unpaired) electrons. The van der Waals surface area contributed by atoms with E-state index in [1.807, 2.05) is 0 Å². The van der Waals surface area contributed by atoms with E-state index in [0.717, 1.165) is 0 Å². The van der Waals surface area contributed by atoms with Crippen LogP contribution in [0.1, 0.15) is 11.3 Å². The summed E-state index contributed by atoms with van der Waals surface area (Å²) in [6, 6.07) is 6.70. The largest absolute Gasteiger partial charge is 0.493 e. The van der Waals surface area contributed by atoms with Crippen molar-refractivity contribution in [1.29, 1.82) is 0 Å². The molecule has 0 saturated heterocycles. The molecule has 2 aromatic rings. The molecule has 1 N–H and O–H groups in total. The predicted molar refractivity (Wildman–Crippen MR) is 107 cm³/mol. The van der Waals surface area contributed by atoms with Gasteiger partial charge in [0.2, 0.25) is 0 Å². The predicted octanol–water partition coefficient (Wildman–Crippen LogP) is 3.91. The molecule has 0 aliphatic heterocycles. The summed E-state index contributed by atoms with van der Waals surface area (Å²) in [7, 11) is 3.01. The van der Waals surface area contributed by atoms with Gasteiger partial charge in [-0.3, -0.25) is 4.79 Å². The highest BCUT2D eigenvalue weighted by Crippen LogP contribution is 2.31. The van der Waals surface area contributed by atoms with Crippen LogP contribution in [0.2, 0.25) is 10.0 Å². The molecule has 0 atom stereocenters. The Balaban J connectivity index is 1.95. The molecule has 1 heterocycles. The van der Waals surface area contributed by atoms with Gasteiger partial charge in [0.1, 0.15) is 0 Å². The van der Waals surface area contributed by atoms with E-state index >= 15 is 0 Å². The van der Waals surface area contributed by atoms with Crippen LogP contribution >= 0.6 is 23.2 Å². The van der Waals surface area contributed by atoms with Crippen LogP contribution in [0.4, 0.5) is 5.82 Å². The minimum Gasteiger partial charge on any atom is -0.493 e. The van der Waals surface area contributed by atoms with Crippen LogP contribution in [0.25, 0.3) is 6.08 Å². The minimum absolute atomic E-state index is 0.140. The van der Waals surface area contributed by atoms with Gasteiger partial charge in [0.15, 0.2) is 23.9 Å². The van der Waals surface area contributed by atoms with Gasteiger partial charge in [0.05, 0.1) is 30.0 Å². The zero-order valence-electron chi connectivity index (χ0n) is 15.4. The summed E-state index contributed by atoms with van der Waals surface area (Å²) in [5.74, 6) is -0.143. The van der Waals surface area contributed by atoms with Crippen molar-refractivity contribution >= 4 is 47.0 Å². The Bertz CT molecular complexity index is 915. The van der Waals surface area contributed by atoms with Gasteiger partial charge in [-0.05, 0) is 25.1 Å². The lowest BCUT2D eigenvalue weighted by Gasteiger charge is -2.10. The highest BCUT2D eigenvalue weighted by Gasteiger charge is 2.12. The van der Waals surface area contributed by atoms with E-state index in [2.05, 4.69) is 10.3 Å². The number of rotatable bonds is 7.